The molecule has 1 unspecified atom stereocenters. The molecule has 0 bridgehead atoms. The fraction of sp³-hybridized carbons (Fsp3) is 0.417. The number of rotatable bonds is 2. The molecule has 0 N–H and O–H groups in total. The Kier molecular flexibility index (Phi) is 3.41. The Morgan fingerprint density at radius 1 is 1.20 bits per heavy atom. The van der Waals surface area contributed by atoms with E-state index in [4.69, 9.17) is 4.74 Å². The van der Waals surface area contributed by atoms with Crippen LogP contribution in [0.2, 0.25) is 0 Å². The summed E-state index contributed by atoms with van der Waals surface area (Å²) >= 11 is 3.36. The highest BCUT2D eigenvalue weighted by Gasteiger charge is 2.23. The van der Waals surface area contributed by atoms with Crippen molar-refractivity contribution < 1.29 is 9.53 Å². The lowest BCUT2D eigenvalue weighted by molar-refractivity contribution is -0.127. The van der Waals surface area contributed by atoms with E-state index in [2.05, 4.69) is 15.9 Å². The lowest BCUT2D eigenvalue weighted by Gasteiger charge is -2.21. The van der Waals surface area contributed by atoms with Crippen molar-refractivity contribution in [2.45, 2.75) is 31.8 Å². The molecule has 2 nitrogen and oxygen atoms in total. The van der Waals surface area contributed by atoms with E-state index in [1.807, 2.05) is 24.3 Å². The Morgan fingerprint density at radius 3 is 2.60 bits per heavy atom. The molecule has 1 fully saturated rings. The molecular formula is C12H13BrO2. The summed E-state index contributed by atoms with van der Waals surface area (Å²) in [6.07, 6.45) is 3.40. The minimum absolute atomic E-state index is 0.222. The minimum Gasteiger partial charge on any atom is -0.483 e. The van der Waals surface area contributed by atoms with E-state index in [0.29, 0.717) is 6.42 Å². The number of ether oxygens (including phenoxy) is 1. The summed E-state index contributed by atoms with van der Waals surface area (Å²) in [6.45, 7) is 0. The van der Waals surface area contributed by atoms with Gasteiger partial charge in [0.25, 0.3) is 0 Å². The van der Waals surface area contributed by atoms with Gasteiger partial charge in [-0.2, -0.15) is 0 Å². The number of benzene rings is 1. The highest BCUT2D eigenvalue weighted by atomic mass is 79.9. The summed E-state index contributed by atoms with van der Waals surface area (Å²) < 4.78 is 6.67. The summed E-state index contributed by atoms with van der Waals surface area (Å²) in [5, 5.41) is 0. The summed E-state index contributed by atoms with van der Waals surface area (Å²) in [5.41, 5.74) is 0. The molecule has 1 atom stereocenters. The number of Topliss-reactive ketones (excluding diaryl/α,β-unsaturated/α-hetero) is 1. The van der Waals surface area contributed by atoms with Crippen LogP contribution in [0, 0.1) is 0 Å². The molecule has 1 aromatic carbocycles. The summed E-state index contributed by atoms with van der Waals surface area (Å²) in [5.74, 6) is 1.02. The predicted octanol–water partition coefficient (Wildman–Crippen LogP) is 3.34. The van der Waals surface area contributed by atoms with Gasteiger partial charge in [-0.25, -0.2) is 0 Å². The van der Waals surface area contributed by atoms with Crippen LogP contribution in [0.4, 0.5) is 0 Å². The van der Waals surface area contributed by atoms with E-state index in [9.17, 15) is 4.79 Å². The van der Waals surface area contributed by atoms with Gasteiger partial charge in [-0.1, -0.05) is 15.9 Å². The number of carbonyl (C=O) groups is 1. The van der Waals surface area contributed by atoms with E-state index in [-0.39, 0.29) is 11.9 Å². The Balaban J connectivity index is 2.01. The van der Waals surface area contributed by atoms with Crippen LogP contribution in [0.5, 0.6) is 5.75 Å². The molecule has 1 aliphatic carbocycles. The minimum atomic E-state index is -0.222. The average Bonchev–Trinajstić information content (AvgIpc) is 2.25. The molecule has 0 heterocycles. The van der Waals surface area contributed by atoms with Crippen molar-refractivity contribution in [2.75, 3.05) is 0 Å². The second-order valence-corrected chi connectivity index (χ2v) is 4.69. The van der Waals surface area contributed by atoms with E-state index in [0.717, 1.165) is 29.5 Å². The molecule has 2 rings (SSSR count). The molecule has 0 saturated heterocycles. The van der Waals surface area contributed by atoms with Gasteiger partial charge < -0.3 is 4.74 Å². The Morgan fingerprint density at radius 2 is 1.93 bits per heavy atom. The van der Waals surface area contributed by atoms with Crippen LogP contribution in [0.25, 0.3) is 0 Å². The fourth-order valence-electron chi connectivity index (χ4n) is 1.75. The first-order chi connectivity index (χ1) is 7.25. The van der Waals surface area contributed by atoms with Crippen LogP contribution in [-0.4, -0.2) is 11.9 Å². The van der Waals surface area contributed by atoms with Gasteiger partial charge in [0.05, 0.1) is 0 Å². The van der Waals surface area contributed by atoms with Crippen molar-refractivity contribution in [3.8, 4) is 5.75 Å². The summed E-state index contributed by atoms with van der Waals surface area (Å²) in [4.78, 5) is 11.5. The molecule has 0 amide bonds. The Hall–Kier alpha value is -0.830. The number of carbonyl (C=O) groups excluding carboxylic acids is 1. The van der Waals surface area contributed by atoms with Crippen LogP contribution >= 0.6 is 15.9 Å². The van der Waals surface area contributed by atoms with Gasteiger partial charge in [-0.3, -0.25) is 4.79 Å². The zero-order valence-electron chi connectivity index (χ0n) is 8.41. The van der Waals surface area contributed by atoms with Gasteiger partial charge in [0.2, 0.25) is 0 Å². The summed E-state index contributed by atoms with van der Waals surface area (Å²) in [7, 11) is 0. The molecule has 1 saturated carbocycles. The van der Waals surface area contributed by atoms with Gasteiger partial charge in [0.1, 0.15) is 5.75 Å². The maximum atomic E-state index is 11.5. The molecular weight excluding hydrogens is 256 g/mol. The monoisotopic (exact) mass is 268 g/mol. The number of hydrogen-bond donors (Lipinski definition) is 0. The van der Waals surface area contributed by atoms with Crippen molar-refractivity contribution in [2.24, 2.45) is 0 Å². The molecule has 1 aliphatic rings. The van der Waals surface area contributed by atoms with Gasteiger partial charge in [-0.15, -0.1) is 0 Å². The van der Waals surface area contributed by atoms with E-state index < -0.39 is 0 Å². The van der Waals surface area contributed by atoms with Crippen LogP contribution in [-0.2, 0) is 4.79 Å². The van der Waals surface area contributed by atoms with Crippen molar-refractivity contribution >= 4 is 21.7 Å². The standard InChI is InChI=1S/C12H13BrO2/c13-9-5-7-10(8-6-9)15-12-4-2-1-3-11(12)14/h5-8,12H,1-4H2. The lowest BCUT2D eigenvalue weighted by Crippen LogP contribution is -2.30. The normalized spacial score (nSPS) is 21.4. The summed E-state index contributed by atoms with van der Waals surface area (Å²) in [6, 6.07) is 7.60. The first-order valence-corrected chi connectivity index (χ1v) is 6.00. The largest absolute Gasteiger partial charge is 0.483 e. The van der Waals surface area contributed by atoms with Crippen molar-refractivity contribution in [3.63, 3.8) is 0 Å². The van der Waals surface area contributed by atoms with Crippen molar-refractivity contribution in [1.29, 1.82) is 0 Å². The molecule has 80 valence electrons. The maximum Gasteiger partial charge on any atom is 0.173 e. The Bertz CT molecular complexity index is 345. The van der Waals surface area contributed by atoms with Gasteiger partial charge in [0, 0.05) is 10.9 Å². The third kappa shape index (κ3) is 2.81. The second-order valence-electron chi connectivity index (χ2n) is 3.77. The third-order valence-electron chi connectivity index (χ3n) is 2.59. The zero-order chi connectivity index (χ0) is 10.7. The molecule has 0 spiro atoms. The van der Waals surface area contributed by atoms with Crippen LogP contribution in [0.1, 0.15) is 25.7 Å². The quantitative estimate of drug-likeness (QED) is 0.823. The fourth-order valence-corrected chi connectivity index (χ4v) is 2.02. The molecule has 1 aromatic rings. The zero-order valence-corrected chi connectivity index (χ0v) is 10.00. The molecule has 3 heteroatoms. The van der Waals surface area contributed by atoms with Crippen LogP contribution < -0.4 is 4.74 Å². The first kappa shape index (κ1) is 10.7. The highest BCUT2D eigenvalue weighted by Crippen LogP contribution is 2.22. The highest BCUT2D eigenvalue weighted by molar-refractivity contribution is 9.10. The molecule has 0 radical (unpaired) electrons. The molecule has 0 aromatic heterocycles. The number of ketones is 1. The second kappa shape index (κ2) is 4.79. The smallest absolute Gasteiger partial charge is 0.173 e. The van der Waals surface area contributed by atoms with Gasteiger partial charge in [-0.05, 0) is 43.5 Å². The van der Waals surface area contributed by atoms with Gasteiger partial charge in [0.15, 0.2) is 11.9 Å². The van der Waals surface area contributed by atoms with Gasteiger partial charge >= 0.3 is 0 Å². The van der Waals surface area contributed by atoms with Crippen molar-refractivity contribution in [3.05, 3.63) is 28.7 Å². The van der Waals surface area contributed by atoms with E-state index in [1.165, 1.54) is 0 Å². The predicted molar refractivity (Wildman–Crippen MR) is 62.0 cm³/mol. The van der Waals surface area contributed by atoms with E-state index in [1.54, 1.807) is 0 Å². The van der Waals surface area contributed by atoms with Crippen molar-refractivity contribution in [1.82, 2.24) is 0 Å². The van der Waals surface area contributed by atoms with Crippen LogP contribution in [0.3, 0.4) is 0 Å². The average molecular weight is 269 g/mol. The maximum absolute atomic E-state index is 11.5. The number of halogens is 1. The van der Waals surface area contributed by atoms with Crippen LogP contribution in [0.15, 0.2) is 28.7 Å². The Labute approximate surface area is 97.8 Å². The topological polar surface area (TPSA) is 26.3 Å². The third-order valence-corrected chi connectivity index (χ3v) is 3.12. The molecule has 15 heavy (non-hydrogen) atoms. The first-order valence-electron chi connectivity index (χ1n) is 5.20. The number of hydrogen-bond acceptors (Lipinski definition) is 2. The molecule has 0 aliphatic heterocycles. The lowest BCUT2D eigenvalue weighted by atomic mass is 9.96. The van der Waals surface area contributed by atoms with E-state index >= 15 is 0 Å². The SMILES string of the molecule is O=C1CCCCC1Oc1ccc(Br)cc1.